The second-order valence-corrected chi connectivity index (χ2v) is 7.78. The third-order valence-electron chi connectivity index (χ3n) is 5.16. The van der Waals surface area contributed by atoms with Crippen LogP contribution in [0.15, 0.2) is 53.0 Å². The lowest BCUT2D eigenvalue weighted by Crippen LogP contribution is -2.38. The van der Waals surface area contributed by atoms with Crippen LogP contribution in [0.2, 0.25) is 0 Å². The van der Waals surface area contributed by atoms with E-state index in [0.717, 1.165) is 23.3 Å². The van der Waals surface area contributed by atoms with Crippen molar-refractivity contribution in [3.63, 3.8) is 0 Å². The maximum absolute atomic E-state index is 12.7. The highest BCUT2D eigenvalue weighted by molar-refractivity contribution is 9.10. The Balaban J connectivity index is 1.76. The van der Waals surface area contributed by atoms with Crippen molar-refractivity contribution in [3.05, 3.63) is 64.1 Å². The van der Waals surface area contributed by atoms with Crippen LogP contribution in [0.3, 0.4) is 0 Å². The maximum atomic E-state index is 12.7. The first-order chi connectivity index (χ1) is 13.2. The number of halogens is 1. The first-order valence-corrected chi connectivity index (χ1v) is 10.4. The van der Waals surface area contributed by atoms with Gasteiger partial charge in [-0.1, -0.05) is 37.1 Å². The van der Waals surface area contributed by atoms with E-state index in [2.05, 4.69) is 38.3 Å². The summed E-state index contributed by atoms with van der Waals surface area (Å²) in [5.41, 5.74) is 1.88. The molecule has 0 saturated carbocycles. The summed E-state index contributed by atoms with van der Waals surface area (Å²) in [4.78, 5) is 15.2. The number of hydrogen-bond acceptors (Lipinski definition) is 3. The van der Waals surface area contributed by atoms with Gasteiger partial charge in [0.05, 0.1) is 18.7 Å². The second kappa shape index (κ2) is 9.90. The van der Waals surface area contributed by atoms with Crippen molar-refractivity contribution >= 4 is 21.8 Å². The summed E-state index contributed by atoms with van der Waals surface area (Å²) in [5.74, 6) is 0.807. The molecule has 5 heteroatoms. The first kappa shape index (κ1) is 19.9. The predicted octanol–water partition coefficient (Wildman–Crippen LogP) is 4.80. The number of carbonyl (C=O) groups is 1. The molecule has 1 fully saturated rings. The zero-order chi connectivity index (χ0) is 19.1. The summed E-state index contributed by atoms with van der Waals surface area (Å²) >= 11 is 3.47. The number of hydrogen-bond donors (Lipinski definition) is 1. The van der Waals surface area contributed by atoms with Crippen molar-refractivity contribution in [1.82, 2.24) is 10.2 Å². The van der Waals surface area contributed by atoms with Crippen molar-refractivity contribution in [1.29, 1.82) is 0 Å². The van der Waals surface area contributed by atoms with Crippen LogP contribution >= 0.6 is 15.9 Å². The molecule has 1 amide bonds. The van der Waals surface area contributed by atoms with E-state index >= 15 is 0 Å². The highest BCUT2D eigenvalue weighted by Crippen LogP contribution is 2.26. The average Bonchev–Trinajstić information content (AvgIpc) is 2.98. The van der Waals surface area contributed by atoms with Gasteiger partial charge in [0.2, 0.25) is 0 Å². The van der Waals surface area contributed by atoms with E-state index in [1.54, 1.807) is 7.11 Å². The Morgan fingerprint density at radius 3 is 2.37 bits per heavy atom. The van der Waals surface area contributed by atoms with Gasteiger partial charge in [0.25, 0.3) is 5.91 Å². The van der Waals surface area contributed by atoms with Crippen molar-refractivity contribution in [3.8, 4) is 5.75 Å². The van der Waals surface area contributed by atoms with Gasteiger partial charge < -0.3 is 10.1 Å². The first-order valence-electron chi connectivity index (χ1n) is 9.60. The minimum absolute atomic E-state index is 0.0455. The second-order valence-electron chi connectivity index (χ2n) is 6.93. The van der Waals surface area contributed by atoms with Crippen molar-refractivity contribution < 1.29 is 9.53 Å². The van der Waals surface area contributed by atoms with Gasteiger partial charge in [-0.05, 0) is 71.7 Å². The molecule has 1 aliphatic heterocycles. The number of methoxy groups -OCH3 is 1. The van der Waals surface area contributed by atoms with Crippen LogP contribution in [-0.4, -0.2) is 37.6 Å². The normalized spacial score (nSPS) is 16.4. The van der Waals surface area contributed by atoms with Crippen LogP contribution in [0.4, 0.5) is 0 Å². The highest BCUT2D eigenvalue weighted by atomic mass is 79.9. The van der Waals surface area contributed by atoms with Gasteiger partial charge in [-0.3, -0.25) is 9.69 Å². The van der Waals surface area contributed by atoms with E-state index in [1.165, 1.54) is 31.2 Å². The van der Waals surface area contributed by atoms with Crippen molar-refractivity contribution in [2.24, 2.45) is 0 Å². The smallest absolute Gasteiger partial charge is 0.252 e. The molecule has 2 aromatic rings. The topological polar surface area (TPSA) is 41.6 Å². The van der Waals surface area contributed by atoms with Crippen LogP contribution in [0, 0.1) is 0 Å². The molecule has 0 aromatic heterocycles. The SMILES string of the molecule is COc1ccc([C@@H](CNC(=O)c2ccccc2Br)N2CCCCCC2)cc1. The summed E-state index contributed by atoms with van der Waals surface area (Å²) in [6.07, 6.45) is 5.00. The van der Waals surface area contributed by atoms with Crippen LogP contribution in [-0.2, 0) is 0 Å². The molecule has 0 radical (unpaired) electrons. The molecule has 4 nitrogen and oxygen atoms in total. The van der Waals surface area contributed by atoms with Crippen LogP contribution in [0.1, 0.15) is 47.6 Å². The molecule has 1 atom stereocenters. The average molecular weight is 431 g/mol. The number of ether oxygens (including phenoxy) is 1. The lowest BCUT2D eigenvalue weighted by atomic mass is 10.0. The Hall–Kier alpha value is -1.85. The Bertz CT molecular complexity index is 740. The van der Waals surface area contributed by atoms with Crippen LogP contribution < -0.4 is 10.1 Å². The van der Waals surface area contributed by atoms with Crippen molar-refractivity contribution in [2.45, 2.75) is 31.7 Å². The fourth-order valence-corrected chi connectivity index (χ4v) is 4.09. The fraction of sp³-hybridized carbons (Fsp3) is 0.409. The van der Waals surface area contributed by atoms with Gasteiger partial charge >= 0.3 is 0 Å². The predicted molar refractivity (Wildman–Crippen MR) is 112 cm³/mol. The molecule has 144 valence electrons. The van der Waals surface area contributed by atoms with Crippen molar-refractivity contribution in [2.75, 3.05) is 26.7 Å². The monoisotopic (exact) mass is 430 g/mol. The molecule has 3 rings (SSSR count). The number of nitrogens with zero attached hydrogens (tertiary/aromatic N) is 1. The summed E-state index contributed by atoms with van der Waals surface area (Å²) < 4.78 is 6.11. The quantitative estimate of drug-likeness (QED) is 0.714. The van der Waals surface area contributed by atoms with E-state index in [9.17, 15) is 4.79 Å². The zero-order valence-corrected chi connectivity index (χ0v) is 17.4. The summed E-state index contributed by atoms with van der Waals surface area (Å²) in [6, 6.07) is 15.9. The van der Waals surface area contributed by atoms with Gasteiger partial charge in [0, 0.05) is 11.0 Å². The minimum atomic E-state index is -0.0455. The largest absolute Gasteiger partial charge is 0.497 e. The molecular formula is C22H27BrN2O2. The Morgan fingerprint density at radius 1 is 1.07 bits per heavy atom. The molecule has 1 N–H and O–H groups in total. The lowest BCUT2D eigenvalue weighted by Gasteiger charge is -2.31. The number of carbonyl (C=O) groups excluding carboxylic acids is 1. The van der Waals surface area contributed by atoms with E-state index in [-0.39, 0.29) is 11.9 Å². The molecule has 1 aliphatic rings. The molecule has 0 aliphatic carbocycles. The standard InChI is InChI=1S/C22H27BrN2O2/c1-27-18-12-10-17(11-13-18)21(25-14-6-2-3-7-15-25)16-24-22(26)19-8-4-5-9-20(19)23/h4-5,8-13,21H,2-3,6-7,14-16H2,1H3,(H,24,26)/t21-/m1/s1. The van der Waals surface area contributed by atoms with E-state index in [1.807, 2.05) is 36.4 Å². The number of likely N-dealkylation sites (tertiary alicyclic amines) is 1. The Kier molecular flexibility index (Phi) is 7.30. The molecule has 1 saturated heterocycles. The third kappa shape index (κ3) is 5.33. The zero-order valence-electron chi connectivity index (χ0n) is 15.8. The van der Waals surface area contributed by atoms with Gasteiger partial charge in [-0.25, -0.2) is 0 Å². The molecule has 0 bridgehead atoms. The van der Waals surface area contributed by atoms with Gasteiger partial charge in [0.15, 0.2) is 0 Å². The highest BCUT2D eigenvalue weighted by Gasteiger charge is 2.23. The number of rotatable bonds is 6. The number of benzene rings is 2. The Labute approximate surface area is 170 Å². The van der Waals surface area contributed by atoms with Gasteiger partial charge in [0.1, 0.15) is 5.75 Å². The van der Waals surface area contributed by atoms with E-state index < -0.39 is 0 Å². The van der Waals surface area contributed by atoms with Gasteiger partial charge in [-0.2, -0.15) is 0 Å². The minimum Gasteiger partial charge on any atom is -0.497 e. The summed E-state index contributed by atoms with van der Waals surface area (Å²) in [6.45, 7) is 2.73. The third-order valence-corrected chi connectivity index (χ3v) is 5.85. The van der Waals surface area contributed by atoms with Crippen LogP contribution in [0.5, 0.6) is 5.75 Å². The number of nitrogens with one attached hydrogen (secondary N) is 1. The molecule has 27 heavy (non-hydrogen) atoms. The maximum Gasteiger partial charge on any atom is 0.252 e. The molecule has 1 heterocycles. The Morgan fingerprint density at radius 2 is 1.74 bits per heavy atom. The molecular weight excluding hydrogens is 404 g/mol. The molecule has 0 spiro atoms. The molecule has 0 unspecified atom stereocenters. The van der Waals surface area contributed by atoms with Gasteiger partial charge in [-0.15, -0.1) is 0 Å². The molecule has 2 aromatic carbocycles. The van der Waals surface area contributed by atoms with E-state index in [0.29, 0.717) is 12.1 Å². The summed E-state index contributed by atoms with van der Waals surface area (Å²) in [7, 11) is 1.68. The lowest BCUT2D eigenvalue weighted by molar-refractivity contribution is 0.0932. The number of amides is 1. The fourth-order valence-electron chi connectivity index (χ4n) is 3.62. The van der Waals surface area contributed by atoms with E-state index in [4.69, 9.17) is 4.74 Å². The van der Waals surface area contributed by atoms with Crippen LogP contribution in [0.25, 0.3) is 0 Å². The summed E-state index contributed by atoms with van der Waals surface area (Å²) in [5, 5.41) is 3.14.